The molecule has 2 aromatic rings. The number of aromatic amines is 1. The highest BCUT2D eigenvalue weighted by molar-refractivity contribution is 5.35. The summed E-state index contributed by atoms with van der Waals surface area (Å²) in [4.78, 5) is 25.2. The summed E-state index contributed by atoms with van der Waals surface area (Å²) in [5, 5.41) is 0. The number of rotatable bonds is 3. The van der Waals surface area contributed by atoms with Crippen molar-refractivity contribution in [2.45, 2.75) is 46.2 Å². The van der Waals surface area contributed by atoms with E-state index < -0.39 is 0 Å². The average molecular weight is 352 g/mol. The number of nitrogens with one attached hydrogen (secondary N) is 1. The number of H-pyrrole nitrogens is 1. The van der Waals surface area contributed by atoms with Gasteiger partial charge in [-0.15, -0.1) is 0 Å². The smallest absolute Gasteiger partial charge is 0.257 e. The normalized spacial score (nSPS) is 18.8. The van der Waals surface area contributed by atoms with Crippen molar-refractivity contribution in [3.8, 4) is 0 Å². The van der Waals surface area contributed by atoms with E-state index in [4.69, 9.17) is 4.98 Å². The van der Waals surface area contributed by atoms with Crippen LogP contribution in [0.2, 0.25) is 0 Å². The second-order valence-electron chi connectivity index (χ2n) is 7.87. The molecule has 4 rings (SSSR count). The number of piperidine rings is 1. The molecule has 26 heavy (non-hydrogen) atoms. The zero-order valence-electron chi connectivity index (χ0n) is 15.8. The van der Waals surface area contributed by atoms with Gasteiger partial charge in [0.05, 0.1) is 11.3 Å². The Balaban J connectivity index is 1.51. The van der Waals surface area contributed by atoms with Crippen LogP contribution in [-0.2, 0) is 19.5 Å². The summed E-state index contributed by atoms with van der Waals surface area (Å²) >= 11 is 0. The van der Waals surface area contributed by atoms with Gasteiger partial charge in [-0.3, -0.25) is 14.7 Å². The van der Waals surface area contributed by atoms with E-state index in [0.717, 1.165) is 55.7 Å². The molecule has 1 aromatic carbocycles. The van der Waals surface area contributed by atoms with Crippen LogP contribution in [0.4, 0.5) is 5.95 Å². The first-order chi connectivity index (χ1) is 12.6. The zero-order chi connectivity index (χ0) is 18.1. The van der Waals surface area contributed by atoms with Gasteiger partial charge in [0, 0.05) is 39.1 Å². The Morgan fingerprint density at radius 1 is 1.19 bits per heavy atom. The van der Waals surface area contributed by atoms with Gasteiger partial charge in [0.1, 0.15) is 0 Å². The molecule has 0 atom stereocenters. The van der Waals surface area contributed by atoms with Gasteiger partial charge >= 0.3 is 0 Å². The molecule has 2 aliphatic heterocycles. The Hall–Kier alpha value is -2.14. The van der Waals surface area contributed by atoms with E-state index in [9.17, 15) is 4.79 Å². The molecule has 0 amide bonds. The van der Waals surface area contributed by atoms with Crippen LogP contribution >= 0.6 is 0 Å². The van der Waals surface area contributed by atoms with E-state index in [1.165, 1.54) is 24.0 Å². The van der Waals surface area contributed by atoms with Crippen LogP contribution in [0.25, 0.3) is 0 Å². The number of aromatic nitrogens is 2. The van der Waals surface area contributed by atoms with Gasteiger partial charge < -0.3 is 4.90 Å². The van der Waals surface area contributed by atoms with Gasteiger partial charge in [-0.2, -0.15) is 0 Å². The Labute approximate surface area is 155 Å². The van der Waals surface area contributed by atoms with Crippen molar-refractivity contribution in [2.75, 3.05) is 24.5 Å². The SMILES string of the molecule is Cc1ccccc1CN1CCc2nc(N3CCC(C)CC3)[nH]c(=O)c2C1. The van der Waals surface area contributed by atoms with Gasteiger partial charge in [-0.1, -0.05) is 31.2 Å². The summed E-state index contributed by atoms with van der Waals surface area (Å²) in [5.41, 5.74) is 4.51. The summed E-state index contributed by atoms with van der Waals surface area (Å²) in [6.45, 7) is 8.94. The van der Waals surface area contributed by atoms with Crippen molar-refractivity contribution in [2.24, 2.45) is 5.92 Å². The minimum absolute atomic E-state index is 0.0399. The van der Waals surface area contributed by atoms with E-state index in [1.807, 2.05) is 0 Å². The molecular formula is C21H28N4O. The van der Waals surface area contributed by atoms with Crippen molar-refractivity contribution >= 4 is 5.95 Å². The molecule has 1 aromatic heterocycles. The first-order valence-electron chi connectivity index (χ1n) is 9.74. The molecule has 0 radical (unpaired) electrons. The second-order valence-corrected chi connectivity index (χ2v) is 7.87. The number of fused-ring (bicyclic) bond motifs is 1. The molecule has 0 unspecified atom stereocenters. The molecule has 3 heterocycles. The lowest BCUT2D eigenvalue weighted by atomic mass is 9.99. The van der Waals surface area contributed by atoms with Crippen LogP contribution in [0, 0.1) is 12.8 Å². The highest BCUT2D eigenvalue weighted by Gasteiger charge is 2.24. The lowest BCUT2D eigenvalue weighted by Crippen LogP contribution is -2.39. The van der Waals surface area contributed by atoms with Crippen molar-refractivity contribution in [1.82, 2.24) is 14.9 Å². The van der Waals surface area contributed by atoms with Crippen LogP contribution in [0.15, 0.2) is 29.1 Å². The standard InChI is InChI=1S/C21H28N4O/c1-15-7-11-25(12-8-15)21-22-19-9-10-24(14-18(19)20(26)23-21)13-17-6-4-3-5-16(17)2/h3-6,15H,7-14H2,1-2H3,(H,22,23,26). The minimum Gasteiger partial charge on any atom is -0.342 e. The van der Waals surface area contributed by atoms with E-state index in [0.29, 0.717) is 6.54 Å². The molecule has 2 aliphatic rings. The summed E-state index contributed by atoms with van der Waals surface area (Å²) in [6.07, 6.45) is 3.19. The van der Waals surface area contributed by atoms with E-state index in [2.05, 4.69) is 52.9 Å². The van der Waals surface area contributed by atoms with Crippen molar-refractivity contribution in [3.05, 3.63) is 57.0 Å². The van der Waals surface area contributed by atoms with E-state index in [1.54, 1.807) is 0 Å². The van der Waals surface area contributed by atoms with Crippen molar-refractivity contribution in [1.29, 1.82) is 0 Å². The molecular weight excluding hydrogens is 324 g/mol. The van der Waals surface area contributed by atoms with Gasteiger partial charge in [0.2, 0.25) is 5.95 Å². The maximum absolute atomic E-state index is 12.7. The minimum atomic E-state index is 0.0399. The number of nitrogens with zero attached hydrogens (tertiary/aromatic N) is 3. The summed E-state index contributed by atoms with van der Waals surface area (Å²) in [7, 11) is 0. The molecule has 1 N–H and O–H groups in total. The molecule has 5 heteroatoms. The maximum atomic E-state index is 12.7. The number of aryl methyl sites for hydroxylation is 1. The quantitative estimate of drug-likeness (QED) is 0.923. The molecule has 0 spiro atoms. The third kappa shape index (κ3) is 3.54. The van der Waals surface area contributed by atoms with Crippen LogP contribution < -0.4 is 10.5 Å². The topological polar surface area (TPSA) is 52.2 Å². The molecule has 0 aliphatic carbocycles. The van der Waals surface area contributed by atoms with Gasteiger partial charge in [0.25, 0.3) is 5.56 Å². The fraction of sp³-hybridized carbons (Fsp3) is 0.524. The predicted molar refractivity (Wildman–Crippen MR) is 104 cm³/mol. The summed E-state index contributed by atoms with van der Waals surface area (Å²) in [6, 6.07) is 8.48. The zero-order valence-corrected chi connectivity index (χ0v) is 15.8. The third-order valence-electron chi connectivity index (χ3n) is 5.87. The molecule has 0 bridgehead atoms. The van der Waals surface area contributed by atoms with E-state index >= 15 is 0 Å². The number of anilines is 1. The molecule has 5 nitrogen and oxygen atoms in total. The Kier molecular flexibility index (Phi) is 4.81. The fourth-order valence-electron chi connectivity index (χ4n) is 4.00. The number of hydrogen-bond donors (Lipinski definition) is 1. The second kappa shape index (κ2) is 7.23. The highest BCUT2D eigenvalue weighted by atomic mass is 16.1. The first-order valence-corrected chi connectivity index (χ1v) is 9.74. The Bertz CT molecular complexity index is 836. The fourth-order valence-corrected chi connectivity index (χ4v) is 4.00. The van der Waals surface area contributed by atoms with Gasteiger partial charge in [0.15, 0.2) is 0 Å². The Morgan fingerprint density at radius 3 is 2.73 bits per heavy atom. The number of hydrogen-bond acceptors (Lipinski definition) is 4. The third-order valence-corrected chi connectivity index (χ3v) is 5.87. The molecule has 0 saturated carbocycles. The molecule has 1 saturated heterocycles. The van der Waals surface area contributed by atoms with Crippen LogP contribution in [0.3, 0.4) is 0 Å². The van der Waals surface area contributed by atoms with Crippen molar-refractivity contribution < 1.29 is 0 Å². The summed E-state index contributed by atoms with van der Waals surface area (Å²) in [5.74, 6) is 1.54. The lowest BCUT2D eigenvalue weighted by Gasteiger charge is -2.32. The van der Waals surface area contributed by atoms with Crippen LogP contribution in [0.5, 0.6) is 0 Å². The van der Waals surface area contributed by atoms with Crippen LogP contribution in [-0.4, -0.2) is 34.5 Å². The summed E-state index contributed by atoms with van der Waals surface area (Å²) < 4.78 is 0. The maximum Gasteiger partial charge on any atom is 0.257 e. The molecule has 138 valence electrons. The van der Waals surface area contributed by atoms with Gasteiger partial charge in [-0.25, -0.2) is 4.98 Å². The monoisotopic (exact) mass is 352 g/mol. The van der Waals surface area contributed by atoms with Gasteiger partial charge in [-0.05, 0) is 36.8 Å². The highest BCUT2D eigenvalue weighted by Crippen LogP contribution is 2.22. The molecule has 1 fully saturated rings. The number of benzene rings is 1. The average Bonchev–Trinajstić information content (AvgIpc) is 2.64. The lowest BCUT2D eigenvalue weighted by molar-refractivity contribution is 0.241. The Morgan fingerprint density at radius 2 is 1.96 bits per heavy atom. The predicted octanol–water partition coefficient (Wildman–Crippen LogP) is 2.87. The first kappa shape index (κ1) is 17.3. The van der Waals surface area contributed by atoms with Crippen LogP contribution in [0.1, 0.15) is 42.1 Å². The van der Waals surface area contributed by atoms with Crippen molar-refractivity contribution in [3.63, 3.8) is 0 Å². The largest absolute Gasteiger partial charge is 0.342 e. The van der Waals surface area contributed by atoms with E-state index in [-0.39, 0.29) is 5.56 Å².